The third-order valence-corrected chi connectivity index (χ3v) is 4.71. The lowest BCUT2D eigenvalue weighted by atomic mass is 10.1. The number of pyridine rings is 1. The normalized spacial score (nSPS) is 19.8. The van der Waals surface area contributed by atoms with E-state index in [4.69, 9.17) is 0 Å². The highest BCUT2D eigenvalue weighted by Gasteiger charge is 2.22. The zero-order chi connectivity index (χ0) is 13.7. The fourth-order valence-electron chi connectivity index (χ4n) is 2.19. The Kier molecular flexibility index (Phi) is 7.34. The van der Waals surface area contributed by atoms with Crippen molar-refractivity contribution in [1.29, 1.82) is 0 Å². The Hall–Kier alpha value is -0.780. The Morgan fingerprint density at radius 1 is 1.55 bits per heavy atom. The van der Waals surface area contributed by atoms with Crippen LogP contribution in [0, 0.1) is 0 Å². The Morgan fingerprint density at radius 2 is 2.25 bits per heavy atom. The zero-order valence-corrected chi connectivity index (χ0v) is 13.5. The molecule has 2 heterocycles. The number of nitrogens with zero attached hydrogens (tertiary/aromatic N) is 2. The van der Waals surface area contributed by atoms with Crippen LogP contribution >= 0.6 is 24.2 Å². The molecule has 1 aromatic rings. The molecule has 0 saturated carbocycles. The Balaban J connectivity index is 0.00000200. The van der Waals surface area contributed by atoms with Crippen molar-refractivity contribution in [2.24, 2.45) is 0 Å². The molecule has 2 unspecified atom stereocenters. The van der Waals surface area contributed by atoms with E-state index in [2.05, 4.69) is 17.2 Å². The van der Waals surface area contributed by atoms with Gasteiger partial charge >= 0.3 is 0 Å². The molecule has 1 fully saturated rings. The van der Waals surface area contributed by atoms with Gasteiger partial charge in [-0.2, -0.15) is 11.8 Å². The summed E-state index contributed by atoms with van der Waals surface area (Å²) in [6.07, 6.45) is 4.12. The van der Waals surface area contributed by atoms with Gasteiger partial charge in [0.2, 0.25) is 5.91 Å². The van der Waals surface area contributed by atoms with Crippen molar-refractivity contribution < 1.29 is 4.79 Å². The van der Waals surface area contributed by atoms with Crippen LogP contribution in [-0.2, 0) is 4.79 Å². The fraction of sp³-hybridized carbons (Fsp3) is 0.571. The molecule has 0 spiro atoms. The van der Waals surface area contributed by atoms with E-state index in [1.165, 1.54) is 0 Å². The molecule has 20 heavy (non-hydrogen) atoms. The summed E-state index contributed by atoms with van der Waals surface area (Å²) in [5.41, 5.74) is 1.12. The van der Waals surface area contributed by atoms with E-state index in [0.717, 1.165) is 23.6 Å². The maximum atomic E-state index is 12.3. The summed E-state index contributed by atoms with van der Waals surface area (Å²) in [7, 11) is 1.88. The summed E-state index contributed by atoms with van der Waals surface area (Å²) >= 11 is 1.92. The summed E-state index contributed by atoms with van der Waals surface area (Å²) in [5, 5.41) is 3.41. The first-order chi connectivity index (χ1) is 9.18. The molecule has 0 bridgehead atoms. The number of aromatic nitrogens is 1. The number of hydrogen-bond acceptors (Lipinski definition) is 4. The van der Waals surface area contributed by atoms with E-state index in [0.29, 0.717) is 12.5 Å². The smallest absolute Gasteiger partial charge is 0.224 e. The van der Waals surface area contributed by atoms with E-state index in [9.17, 15) is 4.79 Å². The van der Waals surface area contributed by atoms with Crippen LogP contribution in [0.15, 0.2) is 24.5 Å². The van der Waals surface area contributed by atoms with Gasteiger partial charge in [-0.05, 0) is 24.6 Å². The number of amides is 1. The maximum Gasteiger partial charge on any atom is 0.224 e. The molecule has 1 aliphatic heterocycles. The number of carbonyl (C=O) groups is 1. The minimum Gasteiger partial charge on any atom is -0.339 e. The third kappa shape index (κ3) is 4.65. The van der Waals surface area contributed by atoms with Crippen LogP contribution < -0.4 is 5.32 Å². The third-order valence-electron chi connectivity index (χ3n) is 3.58. The van der Waals surface area contributed by atoms with Gasteiger partial charge in [-0.15, -0.1) is 12.4 Å². The van der Waals surface area contributed by atoms with Crippen molar-refractivity contribution in [2.75, 3.05) is 25.1 Å². The predicted octanol–water partition coefficient (Wildman–Crippen LogP) is 2.12. The van der Waals surface area contributed by atoms with Gasteiger partial charge in [-0.3, -0.25) is 9.78 Å². The second kappa shape index (κ2) is 8.49. The van der Waals surface area contributed by atoms with Gasteiger partial charge in [-0.25, -0.2) is 0 Å². The largest absolute Gasteiger partial charge is 0.339 e. The van der Waals surface area contributed by atoms with Gasteiger partial charge in [0.05, 0.1) is 6.04 Å². The molecule has 0 radical (unpaired) electrons. The zero-order valence-electron chi connectivity index (χ0n) is 11.9. The maximum absolute atomic E-state index is 12.3. The second-order valence-corrected chi connectivity index (χ2v) is 6.04. The average molecular weight is 316 g/mol. The number of thioether (sulfide) groups is 1. The quantitative estimate of drug-likeness (QED) is 0.924. The summed E-state index contributed by atoms with van der Waals surface area (Å²) in [6, 6.07) is 4.33. The van der Waals surface area contributed by atoms with Crippen molar-refractivity contribution in [2.45, 2.75) is 25.4 Å². The van der Waals surface area contributed by atoms with Crippen molar-refractivity contribution in [3.8, 4) is 0 Å². The summed E-state index contributed by atoms with van der Waals surface area (Å²) in [5.74, 6) is 2.38. The summed E-state index contributed by atoms with van der Waals surface area (Å²) in [6.45, 7) is 3.06. The molecule has 1 amide bonds. The Labute approximate surface area is 131 Å². The van der Waals surface area contributed by atoms with Crippen LogP contribution in [0.25, 0.3) is 0 Å². The molecule has 1 N–H and O–H groups in total. The van der Waals surface area contributed by atoms with E-state index in [1.807, 2.05) is 35.8 Å². The molecule has 1 aromatic heterocycles. The van der Waals surface area contributed by atoms with Gasteiger partial charge in [0.15, 0.2) is 0 Å². The molecule has 6 heteroatoms. The predicted molar refractivity (Wildman–Crippen MR) is 86.4 cm³/mol. The lowest BCUT2D eigenvalue weighted by molar-refractivity contribution is -0.132. The number of carbonyl (C=O) groups excluding carboxylic acids is 1. The van der Waals surface area contributed by atoms with Crippen LogP contribution in [-0.4, -0.2) is 46.9 Å². The van der Waals surface area contributed by atoms with Crippen molar-refractivity contribution >= 4 is 30.1 Å². The highest BCUT2D eigenvalue weighted by molar-refractivity contribution is 7.99. The summed E-state index contributed by atoms with van der Waals surface area (Å²) < 4.78 is 0. The molecule has 2 rings (SSSR count). The van der Waals surface area contributed by atoms with Crippen LogP contribution in [0.4, 0.5) is 0 Å². The van der Waals surface area contributed by atoms with Gasteiger partial charge < -0.3 is 10.2 Å². The molecular weight excluding hydrogens is 294 g/mol. The molecule has 1 aliphatic rings. The Bertz CT molecular complexity index is 412. The Morgan fingerprint density at radius 3 is 2.85 bits per heavy atom. The van der Waals surface area contributed by atoms with Crippen LogP contribution in [0.3, 0.4) is 0 Å². The molecule has 0 aliphatic carbocycles. The SMILES string of the molecule is CC(c1ccncc1)N(C)C(=O)CC1CSCCN1.Cl. The lowest BCUT2D eigenvalue weighted by Gasteiger charge is -2.29. The van der Waals surface area contributed by atoms with Crippen molar-refractivity contribution in [3.63, 3.8) is 0 Å². The second-order valence-electron chi connectivity index (χ2n) is 4.89. The van der Waals surface area contributed by atoms with E-state index in [1.54, 1.807) is 12.4 Å². The number of hydrogen-bond donors (Lipinski definition) is 1. The molecule has 4 nitrogen and oxygen atoms in total. The van der Waals surface area contributed by atoms with Crippen molar-refractivity contribution in [1.82, 2.24) is 15.2 Å². The van der Waals surface area contributed by atoms with Crippen LogP contribution in [0.1, 0.15) is 24.9 Å². The van der Waals surface area contributed by atoms with Crippen molar-refractivity contribution in [3.05, 3.63) is 30.1 Å². The number of rotatable bonds is 4. The van der Waals surface area contributed by atoms with Gasteiger partial charge in [0.1, 0.15) is 0 Å². The van der Waals surface area contributed by atoms with Crippen LogP contribution in [0.5, 0.6) is 0 Å². The first-order valence-electron chi connectivity index (χ1n) is 6.65. The lowest BCUT2D eigenvalue weighted by Crippen LogP contribution is -2.42. The number of nitrogens with one attached hydrogen (secondary N) is 1. The molecule has 1 saturated heterocycles. The molecule has 2 atom stereocenters. The van der Waals surface area contributed by atoms with E-state index < -0.39 is 0 Å². The molecule has 112 valence electrons. The highest BCUT2D eigenvalue weighted by Crippen LogP contribution is 2.19. The van der Waals surface area contributed by atoms with Gasteiger partial charge in [0.25, 0.3) is 0 Å². The standard InChI is InChI=1S/C14H21N3OS.ClH/c1-11(12-3-5-15-6-4-12)17(2)14(18)9-13-10-19-8-7-16-13;/h3-6,11,13,16H,7-10H2,1-2H3;1H. The van der Waals surface area contributed by atoms with E-state index >= 15 is 0 Å². The highest BCUT2D eigenvalue weighted by atomic mass is 35.5. The number of halogens is 1. The molecule has 0 aromatic carbocycles. The first-order valence-corrected chi connectivity index (χ1v) is 7.80. The first kappa shape index (κ1) is 17.3. The monoisotopic (exact) mass is 315 g/mol. The average Bonchev–Trinajstić information content (AvgIpc) is 2.47. The topological polar surface area (TPSA) is 45.2 Å². The summed E-state index contributed by atoms with van der Waals surface area (Å²) in [4.78, 5) is 18.1. The van der Waals surface area contributed by atoms with Gasteiger partial charge in [0, 0.05) is 50.0 Å². The van der Waals surface area contributed by atoms with Gasteiger partial charge in [-0.1, -0.05) is 0 Å². The minimum absolute atomic E-state index is 0. The fourth-order valence-corrected chi connectivity index (χ4v) is 3.14. The van der Waals surface area contributed by atoms with E-state index in [-0.39, 0.29) is 24.4 Å². The van der Waals surface area contributed by atoms with Crippen LogP contribution in [0.2, 0.25) is 0 Å². The minimum atomic E-state index is 0. The molecular formula is C14H22ClN3OS.